The molecule has 3 aromatic rings. The molecule has 2 aromatic carbocycles. The van der Waals surface area contributed by atoms with Gasteiger partial charge < -0.3 is 14.8 Å². The lowest BCUT2D eigenvalue weighted by Crippen LogP contribution is -1.82. The first-order chi connectivity index (χ1) is 7.79. The van der Waals surface area contributed by atoms with Crippen LogP contribution in [0, 0.1) is 0 Å². The number of benzene rings is 2. The van der Waals surface area contributed by atoms with E-state index < -0.39 is 0 Å². The van der Waals surface area contributed by atoms with Crippen LogP contribution in [0.15, 0.2) is 36.4 Å². The molecule has 0 amide bonds. The minimum atomic E-state index is 0.262. The average Bonchev–Trinajstić information content (AvgIpc) is 2.65. The lowest BCUT2D eigenvalue weighted by atomic mass is 10.1. The molecule has 0 spiro atoms. The number of phenolic OH excluding ortho intramolecular Hbond substituents is 1. The van der Waals surface area contributed by atoms with Gasteiger partial charge in [-0.25, -0.2) is 0 Å². The van der Waals surface area contributed by atoms with Crippen LogP contribution in [0.25, 0.3) is 21.8 Å². The van der Waals surface area contributed by atoms with Crippen molar-refractivity contribution in [2.75, 3.05) is 7.11 Å². The van der Waals surface area contributed by atoms with E-state index in [1.54, 1.807) is 19.2 Å². The molecule has 2 N–H and O–H groups in total. The second-order valence-electron chi connectivity index (χ2n) is 3.74. The third kappa shape index (κ3) is 1.15. The summed E-state index contributed by atoms with van der Waals surface area (Å²) in [5.41, 5.74) is 1.88. The zero-order chi connectivity index (χ0) is 11.1. The Morgan fingerprint density at radius 2 is 2.00 bits per heavy atom. The summed E-state index contributed by atoms with van der Waals surface area (Å²) in [5, 5.41) is 11.6. The quantitative estimate of drug-likeness (QED) is 0.652. The van der Waals surface area contributed by atoms with Crippen molar-refractivity contribution in [3.05, 3.63) is 36.4 Å². The fraction of sp³-hybridized carbons (Fsp3) is 0.0769. The van der Waals surface area contributed by atoms with Gasteiger partial charge in [0.25, 0.3) is 0 Å². The molecule has 3 rings (SSSR count). The second-order valence-corrected chi connectivity index (χ2v) is 3.74. The maximum Gasteiger partial charge on any atom is 0.142 e. The first-order valence-electron chi connectivity index (χ1n) is 5.07. The van der Waals surface area contributed by atoms with Crippen LogP contribution in [0.4, 0.5) is 0 Å². The standard InChI is InChI=1S/C13H11NO2/c1-16-12-4-2-3-10-9-6-5-8(15)7-11(9)14-13(10)12/h2-7,14-15H,1H3. The molecule has 0 radical (unpaired) electrons. The molecule has 3 nitrogen and oxygen atoms in total. The van der Waals surface area contributed by atoms with E-state index in [-0.39, 0.29) is 5.75 Å². The molecule has 1 heterocycles. The molecule has 0 bridgehead atoms. The fourth-order valence-electron chi connectivity index (χ4n) is 2.06. The van der Waals surface area contributed by atoms with Gasteiger partial charge in [0.1, 0.15) is 11.5 Å². The molecule has 0 unspecified atom stereocenters. The average molecular weight is 213 g/mol. The number of phenols is 1. The molecule has 3 heteroatoms. The lowest BCUT2D eigenvalue weighted by molar-refractivity contribution is 0.419. The summed E-state index contributed by atoms with van der Waals surface area (Å²) < 4.78 is 5.29. The predicted octanol–water partition coefficient (Wildman–Crippen LogP) is 3.04. The molecular formula is C13H11NO2. The number of ether oxygens (including phenoxy) is 1. The molecule has 0 saturated carbocycles. The van der Waals surface area contributed by atoms with Gasteiger partial charge >= 0.3 is 0 Å². The molecular weight excluding hydrogens is 202 g/mol. The van der Waals surface area contributed by atoms with Gasteiger partial charge in [-0.3, -0.25) is 0 Å². The van der Waals surface area contributed by atoms with Crippen LogP contribution < -0.4 is 4.74 Å². The number of hydrogen-bond donors (Lipinski definition) is 2. The number of aromatic hydroxyl groups is 1. The fourth-order valence-corrected chi connectivity index (χ4v) is 2.06. The zero-order valence-electron chi connectivity index (χ0n) is 8.82. The van der Waals surface area contributed by atoms with Crippen LogP contribution in [0.5, 0.6) is 11.5 Å². The van der Waals surface area contributed by atoms with E-state index in [0.29, 0.717) is 0 Å². The summed E-state index contributed by atoms with van der Waals surface area (Å²) in [5.74, 6) is 1.08. The van der Waals surface area contributed by atoms with E-state index >= 15 is 0 Å². The number of rotatable bonds is 1. The number of methoxy groups -OCH3 is 1. The SMILES string of the molecule is COc1cccc2c1[nH]c1cc(O)ccc12. The number of H-pyrrole nitrogens is 1. The van der Waals surface area contributed by atoms with Crippen LogP contribution in [0.2, 0.25) is 0 Å². The Morgan fingerprint density at radius 1 is 1.12 bits per heavy atom. The van der Waals surface area contributed by atoms with Crippen molar-refractivity contribution in [1.82, 2.24) is 4.98 Å². The molecule has 0 atom stereocenters. The summed E-state index contributed by atoms with van der Waals surface area (Å²) >= 11 is 0. The van der Waals surface area contributed by atoms with Crippen LogP contribution in [-0.2, 0) is 0 Å². The van der Waals surface area contributed by atoms with Crippen molar-refractivity contribution < 1.29 is 9.84 Å². The van der Waals surface area contributed by atoms with Crippen LogP contribution >= 0.6 is 0 Å². The van der Waals surface area contributed by atoms with Crippen LogP contribution in [0.1, 0.15) is 0 Å². The van der Waals surface area contributed by atoms with Crippen LogP contribution in [0.3, 0.4) is 0 Å². The number of hydrogen-bond acceptors (Lipinski definition) is 2. The minimum Gasteiger partial charge on any atom is -0.508 e. The van der Waals surface area contributed by atoms with Crippen LogP contribution in [-0.4, -0.2) is 17.2 Å². The molecule has 1 aromatic heterocycles. The molecule has 0 saturated heterocycles. The smallest absolute Gasteiger partial charge is 0.142 e. The van der Waals surface area contributed by atoms with Gasteiger partial charge in [0.2, 0.25) is 0 Å². The lowest BCUT2D eigenvalue weighted by Gasteiger charge is -1.99. The summed E-state index contributed by atoms with van der Waals surface area (Å²) in [6.45, 7) is 0. The largest absolute Gasteiger partial charge is 0.508 e. The van der Waals surface area contributed by atoms with Crippen molar-refractivity contribution in [3.63, 3.8) is 0 Å². The maximum atomic E-state index is 9.43. The van der Waals surface area contributed by atoms with Gasteiger partial charge in [-0.15, -0.1) is 0 Å². The first kappa shape index (κ1) is 9.09. The molecule has 0 aliphatic rings. The van der Waals surface area contributed by atoms with Crippen molar-refractivity contribution >= 4 is 21.8 Å². The normalized spacial score (nSPS) is 11.1. The Labute approximate surface area is 92.3 Å². The summed E-state index contributed by atoms with van der Waals surface area (Å²) in [6, 6.07) is 11.2. The van der Waals surface area contributed by atoms with Crippen molar-refractivity contribution in [2.45, 2.75) is 0 Å². The van der Waals surface area contributed by atoms with E-state index in [0.717, 1.165) is 27.6 Å². The van der Waals surface area contributed by atoms with Crippen molar-refractivity contribution in [3.8, 4) is 11.5 Å². The van der Waals surface area contributed by atoms with E-state index in [1.807, 2.05) is 24.3 Å². The highest BCUT2D eigenvalue weighted by Crippen LogP contribution is 2.32. The first-order valence-corrected chi connectivity index (χ1v) is 5.07. The monoisotopic (exact) mass is 213 g/mol. The Bertz CT molecular complexity index is 670. The van der Waals surface area contributed by atoms with Gasteiger partial charge in [0, 0.05) is 16.8 Å². The zero-order valence-corrected chi connectivity index (χ0v) is 8.82. The predicted molar refractivity (Wildman–Crippen MR) is 64.0 cm³/mol. The number of para-hydroxylation sites is 1. The van der Waals surface area contributed by atoms with E-state index in [1.165, 1.54) is 0 Å². The number of fused-ring (bicyclic) bond motifs is 3. The van der Waals surface area contributed by atoms with Crippen molar-refractivity contribution in [2.24, 2.45) is 0 Å². The van der Waals surface area contributed by atoms with Gasteiger partial charge in [0.15, 0.2) is 0 Å². The highest BCUT2D eigenvalue weighted by molar-refractivity contribution is 6.09. The number of aromatic amines is 1. The molecule has 0 fully saturated rings. The van der Waals surface area contributed by atoms with E-state index in [9.17, 15) is 5.11 Å². The highest BCUT2D eigenvalue weighted by Gasteiger charge is 2.08. The summed E-state index contributed by atoms with van der Waals surface area (Å²) in [7, 11) is 1.65. The third-order valence-electron chi connectivity index (χ3n) is 2.80. The summed E-state index contributed by atoms with van der Waals surface area (Å²) in [6.07, 6.45) is 0. The number of aromatic nitrogens is 1. The summed E-state index contributed by atoms with van der Waals surface area (Å²) in [4.78, 5) is 3.25. The highest BCUT2D eigenvalue weighted by atomic mass is 16.5. The Morgan fingerprint density at radius 3 is 2.81 bits per heavy atom. The van der Waals surface area contributed by atoms with Gasteiger partial charge in [-0.05, 0) is 18.2 Å². The van der Waals surface area contributed by atoms with Gasteiger partial charge in [0.05, 0.1) is 18.1 Å². The molecule has 0 aliphatic carbocycles. The Kier molecular flexibility index (Phi) is 1.80. The Balaban J connectivity index is 2.49. The molecule has 80 valence electrons. The molecule has 16 heavy (non-hydrogen) atoms. The molecule has 0 aliphatic heterocycles. The topological polar surface area (TPSA) is 45.2 Å². The maximum absolute atomic E-state index is 9.43. The number of nitrogens with one attached hydrogen (secondary N) is 1. The van der Waals surface area contributed by atoms with Gasteiger partial charge in [-0.2, -0.15) is 0 Å². The van der Waals surface area contributed by atoms with Gasteiger partial charge in [-0.1, -0.05) is 12.1 Å². The second kappa shape index (κ2) is 3.17. The van der Waals surface area contributed by atoms with E-state index in [2.05, 4.69) is 4.98 Å². The van der Waals surface area contributed by atoms with E-state index in [4.69, 9.17) is 4.74 Å². The minimum absolute atomic E-state index is 0.262. The third-order valence-corrected chi connectivity index (χ3v) is 2.80. The van der Waals surface area contributed by atoms with Crippen molar-refractivity contribution in [1.29, 1.82) is 0 Å². The Hall–Kier alpha value is -2.16.